The smallest absolute Gasteiger partial charge is 0.164 e. The highest BCUT2D eigenvalue weighted by molar-refractivity contribution is 6.05. The summed E-state index contributed by atoms with van der Waals surface area (Å²) in [6, 6.07) is 76.5. The van der Waals surface area contributed by atoms with Gasteiger partial charge in [0.25, 0.3) is 0 Å². The summed E-state index contributed by atoms with van der Waals surface area (Å²) in [6.45, 7) is 0. The van der Waals surface area contributed by atoms with Gasteiger partial charge in [0.2, 0.25) is 0 Å². The maximum Gasteiger partial charge on any atom is 0.164 e. The molecule has 274 valence electrons. The second-order valence-corrected chi connectivity index (χ2v) is 15.5. The number of benzene rings is 9. The van der Waals surface area contributed by atoms with Gasteiger partial charge in [0.15, 0.2) is 17.5 Å². The Labute approximate surface area is 343 Å². The van der Waals surface area contributed by atoms with Gasteiger partial charge in [0.05, 0.1) is 5.41 Å². The van der Waals surface area contributed by atoms with Crippen molar-refractivity contribution in [1.29, 1.82) is 0 Å². The molecule has 12 rings (SSSR count). The van der Waals surface area contributed by atoms with Crippen molar-refractivity contribution in [2.45, 2.75) is 5.41 Å². The highest BCUT2D eigenvalue weighted by atomic mass is 15.0. The number of fused-ring (bicyclic) bond motifs is 11. The van der Waals surface area contributed by atoms with Crippen LogP contribution in [0, 0.1) is 0 Å². The third-order valence-corrected chi connectivity index (χ3v) is 12.4. The van der Waals surface area contributed by atoms with Gasteiger partial charge in [-0.2, -0.15) is 0 Å². The van der Waals surface area contributed by atoms with E-state index in [0.717, 1.165) is 22.3 Å². The minimum atomic E-state index is -0.413. The summed E-state index contributed by atoms with van der Waals surface area (Å²) in [5, 5.41) is 2.44. The molecule has 0 amide bonds. The van der Waals surface area contributed by atoms with Crippen LogP contribution in [0.4, 0.5) is 0 Å². The summed E-state index contributed by atoms with van der Waals surface area (Å²) >= 11 is 0. The van der Waals surface area contributed by atoms with Crippen LogP contribution >= 0.6 is 0 Å². The predicted molar refractivity (Wildman–Crippen MR) is 241 cm³/mol. The van der Waals surface area contributed by atoms with Crippen LogP contribution in [0.5, 0.6) is 0 Å². The Bertz CT molecular complexity index is 3140. The molecule has 0 bridgehead atoms. The monoisotopic (exact) mass is 749 g/mol. The van der Waals surface area contributed by atoms with Gasteiger partial charge in [-0.25, -0.2) is 15.0 Å². The van der Waals surface area contributed by atoms with E-state index in [4.69, 9.17) is 15.0 Å². The van der Waals surface area contributed by atoms with Crippen LogP contribution in [-0.2, 0) is 5.41 Å². The highest BCUT2D eigenvalue weighted by Crippen LogP contribution is 2.63. The van der Waals surface area contributed by atoms with E-state index in [2.05, 4.69) is 152 Å². The van der Waals surface area contributed by atoms with Crippen LogP contribution in [0.15, 0.2) is 212 Å². The Kier molecular flexibility index (Phi) is 7.45. The first-order valence-corrected chi connectivity index (χ1v) is 20.2. The first-order valence-electron chi connectivity index (χ1n) is 20.2. The Morgan fingerprint density at radius 3 is 1.24 bits per heavy atom. The standard InChI is InChI=1S/C56H35N3/c1-3-16-38(17-4-1)53-57-54(39-18-5-2-6-19-39)59-55(58-53)40-29-27-37(28-30-40)43-33-31-36-15-7-8-20-42(36)52(43)41-32-34-47-46-23-11-14-26-50(46)56(51(47)35-41)48-24-12-9-21-44(48)45-22-10-13-25-49(45)56/h1-35H. The minimum absolute atomic E-state index is 0.413. The fourth-order valence-electron chi connectivity index (χ4n) is 9.81. The van der Waals surface area contributed by atoms with E-state index in [0.29, 0.717) is 17.5 Å². The quantitative estimate of drug-likeness (QED) is 0.176. The molecule has 2 aliphatic rings. The lowest BCUT2D eigenvalue weighted by Gasteiger charge is -2.30. The molecule has 0 saturated carbocycles. The van der Waals surface area contributed by atoms with Crippen molar-refractivity contribution in [3.05, 3.63) is 235 Å². The molecule has 0 aliphatic heterocycles. The van der Waals surface area contributed by atoms with E-state index in [1.165, 1.54) is 72.0 Å². The number of hydrogen-bond acceptors (Lipinski definition) is 3. The normalized spacial score (nSPS) is 12.9. The fourth-order valence-corrected chi connectivity index (χ4v) is 9.81. The average Bonchev–Trinajstić information content (AvgIpc) is 3.79. The zero-order valence-electron chi connectivity index (χ0n) is 32.0. The number of aromatic nitrogens is 3. The molecular formula is C56H35N3. The van der Waals surface area contributed by atoms with Crippen molar-refractivity contribution in [1.82, 2.24) is 15.0 Å². The summed E-state index contributed by atoms with van der Waals surface area (Å²) in [4.78, 5) is 14.9. The maximum atomic E-state index is 5.00. The van der Waals surface area contributed by atoms with E-state index in [-0.39, 0.29) is 0 Å². The van der Waals surface area contributed by atoms with Crippen molar-refractivity contribution < 1.29 is 0 Å². The van der Waals surface area contributed by atoms with Crippen molar-refractivity contribution in [2.75, 3.05) is 0 Å². The number of rotatable bonds is 5. The van der Waals surface area contributed by atoms with Gasteiger partial charge in [-0.3, -0.25) is 0 Å². The molecule has 3 heteroatoms. The first kappa shape index (κ1) is 33.4. The van der Waals surface area contributed by atoms with Gasteiger partial charge in [-0.15, -0.1) is 0 Å². The summed E-state index contributed by atoms with van der Waals surface area (Å²) in [7, 11) is 0. The number of nitrogens with zero attached hydrogens (tertiary/aromatic N) is 3. The fraction of sp³-hybridized carbons (Fsp3) is 0.0179. The van der Waals surface area contributed by atoms with E-state index < -0.39 is 5.41 Å². The molecular weight excluding hydrogens is 715 g/mol. The van der Waals surface area contributed by atoms with Crippen LogP contribution in [0.1, 0.15) is 22.3 Å². The summed E-state index contributed by atoms with van der Waals surface area (Å²) in [6.07, 6.45) is 0. The summed E-state index contributed by atoms with van der Waals surface area (Å²) < 4.78 is 0. The molecule has 9 aromatic carbocycles. The van der Waals surface area contributed by atoms with E-state index in [1.54, 1.807) is 0 Å². The molecule has 0 N–H and O–H groups in total. The summed E-state index contributed by atoms with van der Waals surface area (Å²) in [5.74, 6) is 1.95. The topological polar surface area (TPSA) is 38.7 Å². The Morgan fingerprint density at radius 2 is 0.678 bits per heavy atom. The lowest BCUT2D eigenvalue weighted by Crippen LogP contribution is -2.25. The molecule has 0 radical (unpaired) electrons. The predicted octanol–water partition coefficient (Wildman–Crippen LogP) is 13.7. The van der Waals surface area contributed by atoms with Gasteiger partial charge in [0, 0.05) is 16.7 Å². The van der Waals surface area contributed by atoms with E-state index >= 15 is 0 Å². The minimum Gasteiger partial charge on any atom is -0.208 e. The van der Waals surface area contributed by atoms with Gasteiger partial charge < -0.3 is 0 Å². The van der Waals surface area contributed by atoms with Crippen molar-refractivity contribution in [3.8, 4) is 78.7 Å². The van der Waals surface area contributed by atoms with Gasteiger partial charge in [-0.1, -0.05) is 206 Å². The average molecular weight is 750 g/mol. The molecule has 1 heterocycles. The van der Waals surface area contributed by atoms with Gasteiger partial charge in [0.1, 0.15) is 0 Å². The third-order valence-electron chi connectivity index (χ3n) is 12.4. The molecule has 2 aliphatic carbocycles. The van der Waals surface area contributed by atoms with Crippen molar-refractivity contribution in [2.24, 2.45) is 0 Å². The second kappa shape index (κ2) is 13.2. The molecule has 1 spiro atoms. The number of hydrogen-bond donors (Lipinski definition) is 0. The van der Waals surface area contributed by atoms with E-state index in [9.17, 15) is 0 Å². The molecule has 10 aromatic rings. The SMILES string of the molecule is c1ccc(-c2nc(-c3ccccc3)nc(-c3ccc(-c4ccc5ccccc5c4-c4ccc5c(c4)C4(c6ccccc6-c6ccccc64)c4ccccc4-5)cc3)n2)cc1. The van der Waals surface area contributed by atoms with Crippen LogP contribution in [0.2, 0.25) is 0 Å². The first-order chi connectivity index (χ1) is 29.3. The third kappa shape index (κ3) is 5.05. The zero-order valence-corrected chi connectivity index (χ0v) is 32.0. The molecule has 0 fully saturated rings. The van der Waals surface area contributed by atoms with Crippen LogP contribution in [-0.4, -0.2) is 15.0 Å². The van der Waals surface area contributed by atoms with Gasteiger partial charge >= 0.3 is 0 Å². The Hall–Kier alpha value is -7.75. The van der Waals surface area contributed by atoms with Crippen molar-refractivity contribution in [3.63, 3.8) is 0 Å². The lowest BCUT2D eigenvalue weighted by atomic mass is 9.70. The second-order valence-electron chi connectivity index (χ2n) is 15.5. The molecule has 0 unspecified atom stereocenters. The van der Waals surface area contributed by atoms with Crippen LogP contribution < -0.4 is 0 Å². The highest BCUT2D eigenvalue weighted by Gasteiger charge is 2.51. The molecule has 0 saturated heterocycles. The van der Waals surface area contributed by atoms with Gasteiger partial charge in [-0.05, 0) is 83.6 Å². The zero-order chi connectivity index (χ0) is 38.9. The molecule has 0 atom stereocenters. The Morgan fingerprint density at radius 1 is 0.271 bits per heavy atom. The van der Waals surface area contributed by atoms with Crippen LogP contribution in [0.25, 0.3) is 89.4 Å². The van der Waals surface area contributed by atoms with E-state index in [1.807, 2.05) is 60.7 Å². The molecule has 3 nitrogen and oxygen atoms in total. The largest absolute Gasteiger partial charge is 0.208 e. The van der Waals surface area contributed by atoms with Crippen LogP contribution in [0.3, 0.4) is 0 Å². The maximum absolute atomic E-state index is 5.00. The Balaban J connectivity index is 1.03. The molecule has 59 heavy (non-hydrogen) atoms. The lowest BCUT2D eigenvalue weighted by molar-refractivity contribution is 0.794. The summed E-state index contributed by atoms with van der Waals surface area (Å²) in [5.41, 5.74) is 17.8. The molecule has 1 aromatic heterocycles. The van der Waals surface area contributed by atoms with Crippen molar-refractivity contribution >= 4 is 10.8 Å².